The molecule has 1 aromatic rings. The second kappa shape index (κ2) is 6.81. The van der Waals surface area contributed by atoms with Gasteiger partial charge in [-0.25, -0.2) is 0 Å². The smallest absolute Gasteiger partial charge is 0.255 e. The molecule has 3 aliphatic rings. The lowest BCUT2D eigenvalue weighted by molar-refractivity contribution is -0.136. The summed E-state index contributed by atoms with van der Waals surface area (Å²) in [5.74, 6) is -0.136. The van der Waals surface area contributed by atoms with E-state index in [-0.39, 0.29) is 24.1 Å². The maximum atomic E-state index is 12.8. The normalized spacial score (nSPS) is 28.0. The van der Waals surface area contributed by atoms with Crippen molar-refractivity contribution in [2.75, 3.05) is 6.54 Å². The van der Waals surface area contributed by atoms with Crippen LogP contribution >= 0.6 is 0 Å². The quantitative estimate of drug-likeness (QED) is 0.657. The van der Waals surface area contributed by atoms with Gasteiger partial charge in [0.15, 0.2) is 0 Å². The van der Waals surface area contributed by atoms with Gasteiger partial charge in [-0.05, 0) is 48.9 Å². The lowest BCUT2D eigenvalue weighted by Gasteiger charge is -2.35. The number of hydrogen-bond donors (Lipinski definition) is 3. The van der Waals surface area contributed by atoms with Gasteiger partial charge < -0.3 is 16.0 Å². The lowest BCUT2D eigenvalue weighted by Crippen LogP contribution is -2.52. The van der Waals surface area contributed by atoms with Gasteiger partial charge in [0.1, 0.15) is 6.04 Å². The molecule has 1 unspecified atom stereocenters. The maximum absolute atomic E-state index is 12.8. The Morgan fingerprint density at radius 1 is 1.23 bits per heavy atom. The minimum absolute atomic E-state index is 0.122. The molecule has 0 radical (unpaired) electrons. The summed E-state index contributed by atoms with van der Waals surface area (Å²) < 4.78 is 0. The summed E-state index contributed by atoms with van der Waals surface area (Å²) in [6.45, 7) is 1.88. The van der Waals surface area contributed by atoms with Crippen LogP contribution in [0.5, 0.6) is 0 Å². The van der Waals surface area contributed by atoms with Crippen molar-refractivity contribution >= 4 is 17.7 Å². The average molecular weight is 356 g/mol. The van der Waals surface area contributed by atoms with Gasteiger partial charge in [0.05, 0.1) is 0 Å². The molecule has 0 spiro atoms. The third-order valence-corrected chi connectivity index (χ3v) is 5.83. The first-order chi connectivity index (χ1) is 12.6. The summed E-state index contributed by atoms with van der Waals surface area (Å²) >= 11 is 0. The van der Waals surface area contributed by atoms with Gasteiger partial charge in [0, 0.05) is 31.1 Å². The van der Waals surface area contributed by atoms with Crippen LogP contribution in [0.3, 0.4) is 0 Å². The van der Waals surface area contributed by atoms with Crippen molar-refractivity contribution in [3.05, 3.63) is 34.9 Å². The van der Waals surface area contributed by atoms with Crippen LogP contribution < -0.4 is 16.4 Å². The van der Waals surface area contributed by atoms with Crippen LogP contribution in [0.4, 0.5) is 0 Å². The first kappa shape index (κ1) is 17.2. The predicted molar refractivity (Wildman–Crippen MR) is 94.9 cm³/mol. The standard InChI is InChI=1S/C19H24N4O3/c20-8-11-6-13(7-11)21-9-12-2-1-3-14-15(12)10-23(19(14)26)16-4-5-17(24)22-18(16)25/h1-3,11,13,16,21H,4-10,20H2,(H,22,24,25). The van der Waals surface area contributed by atoms with Gasteiger partial charge in [-0.2, -0.15) is 0 Å². The number of piperidine rings is 1. The molecule has 0 aromatic heterocycles. The highest BCUT2D eigenvalue weighted by Crippen LogP contribution is 2.31. The highest BCUT2D eigenvalue weighted by Gasteiger charge is 2.39. The van der Waals surface area contributed by atoms with Crippen molar-refractivity contribution in [1.82, 2.24) is 15.5 Å². The SMILES string of the molecule is NCC1CC(NCc2cccc3c2CN(C2CCC(=O)NC2=O)C3=O)C1. The minimum Gasteiger partial charge on any atom is -0.330 e. The number of carbonyl (C=O) groups excluding carboxylic acids is 3. The Labute approximate surface area is 152 Å². The molecule has 4 rings (SSSR count). The maximum Gasteiger partial charge on any atom is 0.255 e. The van der Waals surface area contributed by atoms with E-state index in [1.807, 2.05) is 18.2 Å². The highest BCUT2D eigenvalue weighted by atomic mass is 16.2. The average Bonchev–Trinajstić information content (AvgIpc) is 2.91. The summed E-state index contributed by atoms with van der Waals surface area (Å²) in [6, 6.07) is 5.67. The van der Waals surface area contributed by atoms with Crippen LogP contribution in [0.15, 0.2) is 18.2 Å². The molecular weight excluding hydrogens is 332 g/mol. The predicted octanol–water partition coefficient (Wildman–Crippen LogP) is 0.274. The van der Waals surface area contributed by atoms with Gasteiger partial charge in [-0.1, -0.05) is 12.1 Å². The summed E-state index contributed by atoms with van der Waals surface area (Å²) in [4.78, 5) is 37.9. The van der Waals surface area contributed by atoms with Crippen LogP contribution in [0.25, 0.3) is 0 Å². The number of imide groups is 1. The molecule has 2 aliphatic heterocycles. The van der Waals surface area contributed by atoms with E-state index in [0.717, 1.165) is 30.5 Å². The molecule has 2 heterocycles. The van der Waals surface area contributed by atoms with Crippen molar-refractivity contribution in [2.24, 2.45) is 11.7 Å². The zero-order chi connectivity index (χ0) is 18.3. The molecule has 7 heteroatoms. The van der Waals surface area contributed by atoms with Crippen LogP contribution in [-0.4, -0.2) is 41.2 Å². The molecule has 1 saturated carbocycles. The zero-order valence-electron chi connectivity index (χ0n) is 14.7. The monoisotopic (exact) mass is 356 g/mol. The van der Waals surface area contributed by atoms with E-state index in [9.17, 15) is 14.4 Å². The number of amides is 3. The van der Waals surface area contributed by atoms with E-state index in [4.69, 9.17) is 5.73 Å². The number of nitrogens with one attached hydrogen (secondary N) is 2. The second-order valence-electron chi connectivity index (χ2n) is 7.49. The van der Waals surface area contributed by atoms with E-state index in [0.29, 0.717) is 37.0 Å². The van der Waals surface area contributed by atoms with Gasteiger partial charge in [0.2, 0.25) is 11.8 Å². The van der Waals surface area contributed by atoms with Crippen LogP contribution in [0.2, 0.25) is 0 Å². The fourth-order valence-electron chi connectivity index (χ4n) is 4.16. The lowest BCUT2D eigenvalue weighted by atomic mass is 9.80. The number of hydrogen-bond acceptors (Lipinski definition) is 5. The fraction of sp³-hybridized carbons (Fsp3) is 0.526. The van der Waals surface area contributed by atoms with E-state index < -0.39 is 6.04 Å². The summed E-state index contributed by atoms with van der Waals surface area (Å²) in [5, 5.41) is 5.88. The highest BCUT2D eigenvalue weighted by molar-refractivity contribution is 6.05. The Balaban J connectivity index is 1.46. The minimum atomic E-state index is -0.564. The number of carbonyl (C=O) groups is 3. The third kappa shape index (κ3) is 3.01. The van der Waals surface area contributed by atoms with Gasteiger partial charge in [0.25, 0.3) is 5.91 Å². The molecule has 26 heavy (non-hydrogen) atoms. The van der Waals surface area contributed by atoms with Crippen molar-refractivity contribution in [3.63, 3.8) is 0 Å². The van der Waals surface area contributed by atoms with E-state index in [1.165, 1.54) is 0 Å². The molecule has 3 amide bonds. The van der Waals surface area contributed by atoms with Crippen molar-refractivity contribution in [2.45, 2.75) is 50.9 Å². The number of fused-ring (bicyclic) bond motifs is 1. The first-order valence-electron chi connectivity index (χ1n) is 9.25. The number of nitrogens with zero attached hydrogens (tertiary/aromatic N) is 1. The van der Waals surface area contributed by atoms with E-state index in [2.05, 4.69) is 10.6 Å². The van der Waals surface area contributed by atoms with Gasteiger partial charge >= 0.3 is 0 Å². The first-order valence-corrected chi connectivity index (χ1v) is 9.25. The topological polar surface area (TPSA) is 105 Å². The Kier molecular flexibility index (Phi) is 4.50. The molecular formula is C19H24N4O3. The van der Waals surface area contributed by atoms with Crippen molar-refractivity contribution < 1.29 is 14.4 Å². The number of nitrogens with two attached hydrogens (primary N) is 1. The van der Waals surface area contributed by atoms with E-state index in [1.54, 1.807) is 4.90 Å². The molecule has 0 bridgehead atoms. The molecule has 2 fully saturated rings. The molecule has 1 atom stereocenters. The fourth-order valence-corrected chi connectivity index (χ4v) is 4.16. The van der Waals surface area contributed by atoms with Crippen LogP contribution in [0.1, 0.15) is 47.2 Å². The largest absolute Gasteiger partial charge is 0.330 e. The summed E-state index contributed by atoms with van der Waals surface area (Å²) in [5.41, 5.74) is 8.43. The van der Waals surface area contributed by atoms with Crippen molar-refractivity contribution in [1.29, 1.82) is 0 Å². The molecule has 1 saturated heterocycles. The second-order valence-corrected chi connectivity index (χ2v) is 7.49. The molecule has 1 aromatic carbocycles. The van der Waals surface area contributed by atoms with Crippen LogP contribution in [-0.2, 0) is 22.7 Å². The van der Waals surface area contributed by atoms with Crippen LogP contribution in [0, 0.1) is 5.92 Å². The van der Waals surface area contributed by atoms with Gasteiger partial charge in [-0.3, -0.25) is 19.7 Å². The summed E-state index contributed by atoms with van der Waals surface area (Å²) in [6.07, 6.45) is 2.87. The molecule has 138 valence electrons. The third-order valence-electron chi connectivity index (χ3n) is 5.83. The molecule has 1 aliphatic carbocycles. The van der Waals surface area contributed by atoms with Gasteiger partial charge in [-0.15, -0.1) is 0 Å². The molecule has 4 N–H and O–H groups in total. The zero-order valence-corrected chi connectivity index (χ0v) is 14.7. The Morgan fingerprint density at radius 3 is 2.77 bits per heavy atom. The Bertz CT molecular complexity index is 757. The molecule has 7 nitrogen and oxygen atoms in total. The Morgan fingerprint density at radius 2 is 2.04 bits per heavy atom. The van der Waals surface area contributed by atoms with Crippen molar-refractivity contribution in [3.8, 4) is 0 Å². The number of rotatable bonds is 5. The van der Waals surface area contributed by atoms with E-state index >= 15 is 0 Å². The number of benzene rings is 1. The Hall–Kier alpha value is -2.25. The summed E-state index contributed by atoms with van der Waals surface area (Å²) in [7, 11) is 0.